The molecule has 0 fully saturated rings. The van der Waals surface area contributed by atoms with Gasteiger partial charge in [0.2, 0.25) is 21.1 Å². The number of rotatable bonds is 9. The first-order valence-electron chi connectivity index (χ1n) is 6.52. The quantitative estimate of drug-likeness (QED) is 0.664. The second-order valence-corrected chi connectivity index (χ2v) is 8.01. The first-order valence-corrected chi connectivity index (χ1v) is 8.88. The molecule has 0 spiro atoms. The summed E-state index contributed by atoms with van der Waals surface area (Å²) in [7, 11) is -3.25. The van der Waals surface area contributed by atoms with Crippen LogP contribution >= 0.6 is 11.3 Å². The smallest absolute Gasteiger partial charge is 0.226 e. The lowest BCUT2D eigenvalue weighted by Crippen LogP contribution is -2.31. The second-order valence-electron chi connectivity index (χ2n) is 4.63. The van der Waals surface area contributed by atoms with E-state index in [2.05, 4.69) is 20.2 Å². The number of alkyl halides is 1. The summed E-state index contributed by atoms with van der Waals surface area (Å²) < 4.78 is 37.7. The topological polar surface area (TPSA) is 101 Å². The van der Waals surface area contributed by atoms with Crippen molar-refractivity contribution in [1.29, 1.82) is 0 Å². The van der Waals surface area contributed by atoms with Gasteiger partial charge in [-0.15, -0.1) is 10.2 Å². The minimum atomic E-state index is -3.25. The van der Waals surface area contributed by atoms with Crippen LogP contribution in [-0.2, 0) is 21.5 Å². The Bertz CT molecular complexity index is 560. The van der Waals surface area contributed by atoms with Gasteiger partial charge in [-0.25, -0.2) is 17.5 Å². The van der Waals surface area contributed by atoms with Crippen LogP contribution < -0.4 is 10.0 Å². The summed E-state index contributed by atoms with van der Waals surface area (Å²) in [6.07, 6.45) is 1.35. The molecule has 0 aromatic carbocycles. The van der Waals surface area contributed by atoms with E-state index in [1.54, 1.807) is 13.8 Å². The molecule has 1 rings (SSSR count). The third-order valence-corrected chi connectivity index (χ3v) is 5.23. The molecule has 0 bridgehead atoms. The zero-order valence-corrected chi connectivity index (χ0v) is 13.6. The zero-order chi connectivity index (χ0) is 15.9. The third kappa shape index (κ3) is 6.44. The second kappa shape index (κ2) is 8.35. The van der Waals surface area contributed by atoms with Gasteiger partial charge in [-0.2, -0.15) is 0 Å². The van der Waals surface area contributed by atoms with E-state index in [9.17, 15) is 17.6 Å². The molecule has 0 aliphatic rings. The predicted octanol–water partition coefficient (Wildman–Crippen LogP) is 1.44. The molecule has 0 saturated carbocycles. The molecule has 21 heavy (non-hydrogen) atoms. The van der Waals surface area contributed by atoms with Crippen LogP contribution in [0.25, 0.3) is 0 Å². The summed E-state index contributed by atoms with van der Waals surface area (Å²) in [6.45, 7) is 2.80. The molecule has 10 heteroatoms. The van der Waals surface area contributed by atoms with Crippen molar-refractivity contribution in [3.63, 3.8) is 0 Å². The Labute approximate surface area is 127 Å². The van der Waals surface area contributed by atoms with Crippen LogP contribution in [0.3, 0.4) is 0 Å². The van der Waals surface area contributed by atoms with Crippen LogP contribution in [0.2, 0.25) is 0 Å². The van der Waals surface area contributed by atoms with E-state index in [0.29, 0.717) is 19.4 Å². The van der Waals surface area contributed by atoms with Crippen molar-refractivity contribution in [1.82, 2.24) is 14.9 Å². The number of aromatic nitrogens is 2. The first-order chi connectivity index (χ1) is 9.85. The lowest BCUT2D eigenvalue weighted by Gasteiger charge is -2.08. The number of hydrogen-bond donors (Lipinski definition) is 2. The maximum Gasteiger partial charge on any atom is 0.226 e. The van der Waals surface area contributed by atoms with Crippen LogP contribution in [-0.4, -0.2) is 36.3 Å². The van der Waals surface area contributed by atoms with Gasteiger partial charge in [0.1, 0.15) is 11.7 Å². The van der Waals surface area contributed by atoms with E-state index in [1.165, 1.54) is 0 Å². The number of carbonyl (C=O) groups excluding carboxylic acids is 1. The molecular weight excluding hydrogens is 319 g/mol. The van der Waals surface area contributed by atoms with Crippen molar-refractivity contribution in [3.8, 4) is 0 Å². The molecule has 120 valence electrons. The molecule has 2 N–H and O–H groups in total. The third-order valence-electron chi connectivity index (χ3n) is 2.58. The maximum absolute atomic E-state index is 12.3. The van der Waals surface area contributed by atoms with Crippen molar-refractivity contribution in [3.05, 3.63) is 5.01 Å². The fourth-order valence-corrected chi connectivity index (χ4v) is 2.70. The standard InChI is InChI=1S/C11H19FN4O3S2/c1-8(2)21(18,19)13-6-4-3-5-9(17)14-11-16-15-10(7-12)20-11/h8,13H,3-7H2,1-2H3,(H,14,16,17). The Balaban J connectivity index is 2.19. The average Bonchev–Trinajstić information content (AvgIpc) is 2.85. The minimum absolute atomic E-state index is 0.216. The number of unbranched alkanes of at least 4 members (excludes halogenated alkanes) is 1. The molecule has 0 atom stereocenters. The normalized spacial score (nSPS) is 11.8. The fraction of sp³-hybridized carbons (Fsp3) is 0.727. The minimum Gasteiger partial charge on any atom is -0.301 e. The van der Waals surface area contributed by atoms with Gasteiger partial charge < -0.3 is 5.32 Å². The maximum atomic E-state index is 12.3. The van der Waals surface area contributed by atoms with E-state index >= 15 is 0 Å². The highest BCUT2D eigenvalue weighted by Crippen LogP contribution is 2.16. The highest BCUT2D eigenvalue weighted by atomic mass is 32.2. The molecule has 0 radical (unpaired) electrons. The van der Waals surface area contributed by atoms with Crippen LogP contribution in [0.15, 0.2) is 0 Å². The van der Waals surface area contributed by atoms with Gasteiger partial charge in [-0.3, -0.25) is 4.79 Å². The van der Waals surface area contributed by atoms with Crippen LogP contribution in [0.5, 0.6) is 0 Å². The summed E-state index contributed by atoms with van der Waals surface area (Å²) in [5.74, 6) is -0.247. The average molecular weight is 338 g/mol. The van der Waals surface area contributed by atoms with Gasteiger partial charge in [0.15, 0.2) is 0 Å². The molecule has 1 aromatic heterocycles. The molecule has 1 amide bonds. The summed E-state index contributed by atoms with van der Waals surface area (Å²) in [6, 6.07) is 0. The molecule has 0 aliphatic carbocycles. The number of hydrogen-bond acceptors (Lipinski definition) is 6. The highest BCUT2D eigenvalue weighted by Gasteiger charge is 2.14. The summed E-state index contributed by atoms with van der Waals surface area (Å²) in [4.78, 5) is 11.6. The van der Waals surface area contributed by atoms with Gasteiger partial charge in [0, 0.05) is 13.0 Å². The summed E-state index contributed by atoms with van der Waals surface area (Å²) >= 11 is 0.991. The van der Waals surface area contributed by atoms with Crippen molar-refractivity contribution in [2.45, 2.75) is 45.0 Å². The van der Waals surface area contributed by atoms with E-state index in [-0.39, 0.29) is 22.5 Å². The molecule has 0 aliphatic heterocycles. The lowest BCUT2D eigenvalue weighted by molar-refractivity contribution is -0.116. The van der Waals surface area contributed by atoms with Crippen LogP contribution in [0.1, 0.15) is 38.1 Å². The number of nitrogens with one attached hydrogen (secondary N) is 2. The van der Waals surface area contributed by atoms with Crippen molar-refractivity contribution in [2.75, 3.05) is 11.9 Å². The molecule has 1 heterocycles. The van der Waals surface area contributed by atoms with Gasteiger partial charge in [0.05, 0.1) is 5.25 Å². The Hall–Kier alpha value is -1.13. The number of amides is 1. The molecule has 7 nitrogen and oxygen atoms in total. The van der Waals surface area contributed by atoms with E-state index < -0.39 is 21.9 Å². The van der Waals surface area contributed by atoms with E-state index in [4.69, 9.17) is 0 Å². The number of sulfonamides is 1. The Morgan fingerprint density at radius 2 is 2.05 bits per heavy atom. The molecular formula is C11H19FN4O3S2. The van der Waals surface area contributed by atoms with Crippen molar-refractivity contribution >= 4 is 32.4 Å². The molecule has 0 saturated heterocycles. The van der Waals surface area contributed by atoms with Crippen LogP contribution in [0.4, 0.5) is 9.52 Å². The lowest BCUT2D eigenvalue weighted by atomic mass is 10.2. The monoisotopic (exact) mass is 338 g/mol. The van der Waals surface area contributed by atoms with Crippen molar-refractivity contribution in [2.24, 2.45) is 0 Å². The Morgan fingerprint density at radius 1 is 1.33 bits per heavy atom. The molecule has 1 aromatic rings. The number of anilines is 1. The van der Waals surface area contributed by atoms with Gasteiger partial charge >= 0.3 is 0 Å². The summed E-state index contributed by atoms with van der Waals surface area (Å²) in [5.41, 5.74) is 0. The van der Waals surface area contributed by atoms with Gasteiger partial charge in [0.25, 0.3) is 0 Å². The van der Waals surface area contributed by atoms with Gasteiger partial charge in [-0.1, -0.05) is 11.3 Å². The SMILES string of the molecule is CC(C)S(=O)(=O)NCCCCC(=O)Nc1nnc(CF)s1. The largest absolute Gasteiger partial charge is 0.301 e. The number of nitrogens with zero attached hydrogens (tertiary/aromatic N) is 2. The van der Waals surface area contributed by atoms with Gasteiger partial charge in [-0.05, 0) is 26.7 Å². The molecule has 0 unspecified atom stereocenters. The van der Waals surface area contributed by atoms with Crippen molar-refractivity contribution < 1.29 is 17.6 Å². The van der Waals surface area contributed by atoms with E-state index in [1.807, 2.05) is 0 Å². The number of carbonyl (C=O) groups is 1. The Kier molecular flexibility index (Phi) is 7.12. The van der Waals surface area contributed by atoms with Crippen LogP contribution in [0, 0.1) is 0 Å². The van der Waals surface area contributed by atoms with E-state index in [0.717, 1.165) is 11.3 Å². The summed E-state index contributed by atoms with van der Waals surface area (Å²) in [5, 5.41) is 9.71. The Morgan fingerprint density at radius 3 is 2.62 bits per heavy atom. The zero-order valence-electron chi connectivity index (χ0n) is 11.9. The highest BCUT2D eigenvalue weighted by molar-refractivity contribution is 7.90. The fourth-order valence-electron chi connectivity index (χ4n) is 1.33. The number of halogens is 1. The first kappa shape index (κ1) is 17.9. The predicted molar refractivity (Wildman–Crippen MR) is 79.3 cm³/mol.